The number of likely N-dealkylation sites (tertiary alicyclic amines) is 1. The molecule has 18 heavy (non-hydrogen) atoms. The highest BCUT2D eigenvalue weighted by atomic mass is 32.1. The minimum atomic E-state index is 0.519. The zero-order valence-corrected chi connectivity index (χ0v) is 13.2. The quantitative estimate of drug-likeness (QED) is 0.588. The zero-order valence-electron chi connectivity index (χ0n) is 12.3. The Morgan fingerprint density at radius 2 is 1.72 bits per heavy atom. The molecule has 1 nitrogen and oxygen atoms in total. The van der Waals surface area contributed by atoms with Gasteiger partial charge in [-0.1, -0.05) is 32.6 Å². The molecule has 2 heteroatoms. The van der Waals surface area contributed by atoms with Crippen molar-refractivity contribution in [2.75, 3.05) is 18.8 Å². The van der Waals surface area contributed by atoms with E-state index in [1.54, 1.807) is 0 Å². The van der Waals surface area contributed by atoms with E-state index in [1.165, 1.54) is 64.5 Å². The first kappa shape index (κ1) is 14.7. The summed E-state index contributed by atoms with van der Waals surface area (Å²) < 4.78 is 0. The molecular formula is C16H31NS. The van der Waals surface area contributed by atoms with Crippen LogP contribution >= 0.6 is 12.6 Å². The number of nitrogens with zero attached hydrogens (tertiary/aromatic N) is 1. The molecule has 0 bridgehead atoms. The van der Waals surface area contributed by atoms with E-state index < -0.39 is 0 Å². The average Bonchev–Trinajstić information content (AvgIpc) is 2.60. The fourth-order valence-electron chi connectivity index (χ4n) is 3.88. The Morgan fingerprint density at radius 1 is 1.06 bits per heavy atom. The maximum atomic E-state index is 4.72. The van der Waals surface area contributed by atoms with Crippen molar-refractivity contribution in [3.05, 3.63) is 0 Å². The predicted octanol–water partition coefficient (Wildman–Crippen LogP) is 4.38. The van der Waals surface area contributed by atoms with Gasteiger partial charge in [-0.2, -0.15) is 12.6 Å². The Bertz CT molecular complexity index is 245. The van der Waals surface area contributed by atoms with Crippen LogP contribution in [0, 0.1) is 11.3 Å². The monoisotopic (exact) mass is 269 g/mol. The molecule has 0 spiro atoms. The van der Waals surface area contributed by atoms with E-state index in [0.29, 0.717) is 5.41 Å². The summed E-state index contributed by atoms with van der Waals surface area (Å²) in [5.41, 5.74) is 0.519. The van der Waals surface area contributed by atoms with Gasteiger partial charge in [0, 0.05) is 19.1 Å². The first-order valence-corrected chi connectivity index (χ1v) is 8.63. The first-order valence-electron chi connectivity index (χ1n) is 8.00. The van der Waals surface area contributed by atoms with Gasteiger partial charge in [0.25, 0.3) is 0 Å². The lowest BCUT2D eigenvalue weighted by Crippen LogP contribution is -2.47. The summed E-state index contributed by atoms with van der Waals surface area (Å²) >= 11 is 4.72. The van der Waals surface area contributed by atoms with E-state index in [2.05, 4.69) is 18.7 Å². The summed E-state index contributed by atoms with van der Waals surface area (Å²) in [5, 5.41) is 0. The summed E-state index contributed by atoms with van der Waals surface area (Å²) in [4.78, 5) is 2.77. The third-order valence-electron chi connectivity index (χ3n) is 5.28. The van der Waals surface area contributed by atoms with E-state index in [4.69, 9.17) is 12.6 Å². The fraction of sp³-hybridized carbons (Fsp3) is 1.00. The third-order valence-corrected chi connectivity index (χ3v) is 5.96. The molecular weight excluding hydrogens is 238 g/mol. The van der Waals surface area contributed by atoms with E-state index in [0.717, 1.165) is 17.7 Å². The fourth-order valence-corrected chi connectivity index (χ4v) is 4.29. The van der Waals surface area contributed by atoms with Gasteiger partial charge in [-0.15, -0.1) is 0 Å². The molecule has 2 aliphatic rings. The second-order valence-electron chi connectivity index (χ2n) is 7.03. The van der Waals surface area contributed by atoms with Crippen LogP contribution in [0.4, 0.5) is 0 Å². The van der Waals surface area contributed by atoms with Crippen molar-refractivity contribution in [3.8, 4) is 0 Å². The van der Waals surface area contributed by atoms with Crippen LogP contribution in [0.1, 0.15) is 65.2 Å². The molecule has 0 aromatic carbocycles. The minimum Gasteiger partial charge on any atom is -0.300 e. The zero-order chi connectivity index (χ0) is 13.0. The molecule has 1 saturated heterocycles. The Kier molecular flexibility index (Phi) is 5.44. The summed E-state index contributed by atoms with van der Waals surface area (Å²) in [6.45, 7) is 7.47. The molecule has 106 valence electrons. The summed E-state index contributed by atoms with van der Waals surface area (Å²) in [7, 11) is 0. The molecule has 0 aromatic heterocycles. The second-order valence-corrected chi connectivity index (χ2v) is 7.35. The molecule has 2 atom stereocenters. The van der Waals surface area contributed by atoms with E-state index in [9.17, 15) is 0 Å². The van der Waals surface area contributed by atoms with Crippen LogP contribution in [0.3, 0.4) is 0 Å². The highest BCUT2D eigenvalue weighted by Crippen LogP contribution is 2.38. The van der Waals surface area contributed by atoms with Gasteiger partial charge in [0.05, 0.1) is 0 Å². The van der Waals surface area contributed by atoms with Gasteiger partial charge in [-0.25, -0.2) is 0 Å². The summed E-state index contributed by atoms with van der Waals surface area (Å²) in [6.07, 6.45) is 11.4. The third kappa shape index (κ3) is 3.66. The summed E-state index contributed by atoms with van der Waals surface area (Å²) in [5.74, 6) is 1.98. The highest BCUT2D eigenvalue weighted by molar-refractivity contribution is 7.80. The lowest BCUT2D eigenvalue weighted by molar-refractivity contribution is 0.0683. The topological polar surface area (TPSA) is 3.24 Å². The minimum absolute atomic E-state index is 0.519. The average molecular weight is 269 g/mol. The van der Waals surface area contributed by atoms with Crippen LogP contribution < -0.4 is 0 Å². The first-order chi connectivity index (χ1) is 8.65. The van der Waals surface area contributed by atoms with Gasteiger partial charge in [-0.3, -0.25) is 4.90 Å². The van der Waals surface area contributed by atoms with Crippen molar-refractivity contribution in [3.63, 3.8) is 0 Å². The Balaban J connectivity index is 1.99. The predicted molar refractivity (Wildman–Crippen MR) is 83.4 cm³/mol. The molecule has 1 saturated carbocycles. The highest BCUT2D eigenvalue weighted by Gasteiger charge is 2.34. The molecule has 0 N–H and O–H groups in total. The number of piperidine rings is 1. The standard InChI is InChI=1S/C16H31NS/c1-14-7-8-15(2)17(11-14)12-16(13-18)9-5-3-4-6-10-16/h14-15,18H,3-13H2,1-2H3. The molecule has 0 amide bonds. The normalized spacial score (nSPS) is 34.2. The van der Waals surface area contributed by atoms with Crippen molar-refractivity contribution in [1.82, 2.24) is 4.90 Å². The van der Waals surface area contributed by atoms with Crippen LogP contribution in [-0.2, 0) is 0 Å². The molecule has 0 aromatic rings. The van der Waals surface area contributed by atoms with Crippen LogP contribution in [0.5, 0.6) is 0 Å². The number of hydrogen-bond acceptors (Lipinski definition) is 2. The van der Waals surface area contributed by atoms with E-state index in [-0.39, 0.29) is 0 Å². The molecule has 1 aliphatic carbocycles. The van der Waals surface area contributed by atoms with Crippen LogP contribution in [-0.4, -0.2) is 29.8 Å². The molecule has 2 rings (SSSR count). The molecule has 2 fully saturated rings. The number of hydrogen-bond donors (Lipinski definition) is 1. The van der Waals surface area contributed by atoms with Crippen molar-refractivity contribution >= 4 is 12.6 Å². The van der Waals surface area contributed by atoms with E-state index in [1.807, 2.05) is 0 Å². The lowest BCUT2D eigenvalue weighted by atomic mass is 9.80. The number of thiol groups is 1. The van der Waals surface area contributed by atoms with Gasteiger partial charge >= 0.3 is 0 Å². The van der Waals surface area contributed by atoms with Crippen LogP contribution in [0.15, 0.2) is 0 Å². The van der Waals surface area contributed by atoms with Gasteiger partial charge in [0.1, 0.15) is 0 Å². The van der Waals surface area contributed by atoms with Crippen molar-refractivity contribution < 1.29 is 0 Å². The molecule has 0 radical (unpaired) electrons. The maximum Gasteiger partial charge on any atom is 0.00673 e. The molecule has 1 heterocycles. The van der Waals surface area contributed by atoms with E-state index >= 15 is 0 Å². The van der Waals surface area contributed by atoms with Crippen molar-refractivity contribution in [2.45, 2.75) is 71.3 Å². The van der Waals surface area contributed by atoms with Gasteiger partial charge in [0.2, 0.25) is 0 Å². The second kappa shape index (κ2) is 6.65. The maximum absolute atomic E-state index is 4.72. The smallest absolute Gasteiger partial charge is 0.00673 e. The summed E-state index contributed by atoms with van der Waals surface area (Å²) in [6, 6.07) is 0.793. The van der Waals surface area contributed by atoms with Crippen LogP contribution in [0.25, 0.3) is 0 Å². The lowest BCUT2D eigenvalue weighted by Gasteiger charge is -2.43. The van der Waals surface area contributed by atoms with Crippen LogP contribution in [0.2, 0.25) is 0 Å². The Hall–Kier alpha value is 0.310. The van der Waals surface area contributed by atoms with Gasteiger partial charge in [0.15, 0.2) is 0 Å². The van der Waals surface area contributed by atoms with Crippen molar-refractivity contribution in [1.29, 1.82) is 0 Å². The Morgan fingerprint density at radius 3 is 2.33 bits per heavy atom. The van der Waals surface area contributed by atoms with Crippen molar-refractivity contribution in [2.24, 2.45) is 11.3 Å². The SMILES string of the molecule is CC1CCC(C)N(CC2(CS)CCCCCC2)C1. The largest absolute Gasteiger partial charge is 0.300 e. The molecule has 2 unspecified atom stereocenters. The van der Waals surface area contributed by atoms with Gasteiger partial charge < -0.3 is 0 Å². The van der Waals surface area contributed by atoms with Gasteiger partial charge in [-0.05, 0) is 49.7 Å². The molecule has 1 aliphatic heterocycles. The Labute approximate surface area is 119 Å². The number of rotatable bonds is 3.